The first kappa shape index (κ1) is 12.5. The van der Waals surface area contributed by atoms with Crippen LogP contribution in [0.5, 0.6) is 11.5 Å². The summed E-state index contributed by atoms with van der Waals surface area (Å²) in [6.45, 7) is 3.52. The zero-order valence-corrected chi connectivity index (χ0v) is 10.4. The minimum atomic E-state index is -0.514. The highest BCUT2D eigenvalue weighted by molar-refractivity contribution is 9.10. The zero-order valence-electron chi connectivity index (χ0n) is 8.82. The van der Waals surface area contributed by atoms with Crippen molar-refractivity contribution in [1.82, 2.24) is 0 Å². The van der Waals surface area contributed by atoms with Gasteiger partial charge in [0.15, 0.2) is 0 Å². The van der Waals surface area contributed by atoms with Crippen molar-refractivity contribution >= 4 is 27.7 Å². The number of rotatable bonds is 4. The Hall–Kier alpha value is -1.56. The number of hydrogen-bond donors (Lipinski definition) is 0. The van der Waals surface area contributed by atoms with Gasteiger partial charge >= 0.3 is 5.69 Å². The molecule has 0 fully saturated rings. The van der Waals surface area contributed by atoms with E-state index >= 15 is 0 Å². The van der Waals surface area contributed by atoms with Crippen LogP contribution in [-0.4, -0.2) is 19.1 Å². The first-order chi connectivity index (χ1) is 7.56. The van der Waals surface area contributed by atoms with Crippen molar-refractivity contribution in [1.29, 1.82) is 0 Å². The minimum absolute atomic E-state index is 0.124. The van der Waals surface area contributed by atoms with Gasteiger partial charge in [-0.15, -0.1) is 0 Å². The van der Waals surface area contributed by atoms with Crippen molar-refractivity contribution in [2.45, 2.75) is 0 Å². The third-order valence-electron chi connectivity index (χ3n) is 2.02. The molecule has 1 aromatic carbocycles. The molecule has 1 aromatic rings. The van der Waals surface area contributed by atoms with Gasteiger partial charge in [-0.3, -0.25) is 10.1 Å². The molecule has 0 N–H and O–H groups in total. The molecule has 86 valence electrons. The highest BCUT2D eigenvalue weighted by Gasteiger charge is 2.25. The van der Waals surface area contributed by atoms with Gasteiger partial charge in [0.25, 0.3) is 0 Å². The van der Waals surface area contributed by atoms with E-state index in [1.807, 2.05) is 0 Å². The van der Waals surface area contributed by atoms with E-state index in [4.69, 9.17) is 9.47 Å². The second-order valence-electron chi connectivity index (χ2n) is 2.83. The number of methoxy groups -OCH3 is 2. The maximum absolute atomic E-state index is 10.9. The molecule has 0 amide bonds. The smallest absolute Gasteiger partial charge is 0.319 e. The van der Waals surface area contributed by atoms with Crippen LogP contribution >= 0.6 is 15.9 Å². The summed E-state index contributed by atoms with van der Waals surface area (Å²) >= 11 is 3.20. The maximum atomic E-state index is 10.9. The first-order valence-corrected chi connectivity index (χ1v) is 5.07. The Bertz CT molecular complexity index is 445. The monoisotopic (exact) mass is 287 g/mol. The van der Waals surface area contributed by atoms with Gasteiger partial charge in [-0.05, 0) is 22.0 Å². The molecule has 0 heterocycles. The fourth-order valence-corrected chi connectivity index (χ4v) is 1.92. The molecule has 0 spiro atoms. The van der Waals surface area contributed by atoms with Gasteiger partial charge in [0, 0.05) is 0 Å². The van der Waals surface area contributed by atoms with E-state index in [1.165, 1.54) is 26.4 Å². The van der Waals surface area contributed by atoms with Gasteiger partial charge in [-0.1, -0.05) is 12.7 Å². The number of nitro groups is 1. The van der Waals surface area contributed by atoms with E-state index < -0.39 is 4.92 Å². The predicted octanol–water partition coefficient (Wildman–Crippen LogP) is 3.02. The van der Waals surface area contributed by atoms with Crippen molar-refractivity contribution in [2.75, 3.05) is 14.2 Å². The zero-order chi connectivity index (χ0) is 12.3. The van der Waals surface area contributed by atoms with Gasteiger partial charge in [-0.2, -0.15) is 0 Å². The molecular formula is C10H10BrNO4. The number of nitrogens with zero attached hydrogens (tertiary/aromatic N) is 1. The lowest BCUT2D eigenvalue weighted by molar-refractivity contribution is -0.386. The molecule has 6 heteroatoms. The summed E-state index contributed by atoms with van der Waals surface area (Å²) in [6.07, 6.45) is 1.38. The second-order valence-corrected chi connectivity index (χ2v) is 3.62. The van der Waals surface area contributed by atoms with Crippen LogP contribution in [0.3, 0.4) is 0 Å². The lowest BCUT2D eigenvalue weighted by Gasteiger charge is -2.10. The third kappa shape index (κ3) is 2.01. The summed E-state index contributed by atoms with van der Waals surface area (Å²) in [7, 11) is 2.83. The number of benzene rings is 1. The van der Waals surface area contributed by atoms with Crippen LogP contribution in [-0.2, 0) is 0 Å². The number of nitro benzene ring substituents is 1. The molecule has 0 radical (unpaired) electrons. The van der Waals surface area contributed by atoms with E-state index in [-0.39, 0.29) is 11.4 Å². The van der Waals surface area contributed by atoms with Gasteiger partial charge < -0.3 is 9.47 Å². The number of halogens is 1. The van der Waals surface area contributed by atoms with Crippen LogP contribution in [0.2, 0.25) is 0 Å². The molecule has 0 aliphatic heterocycles. The molecule has 0 saturated carbocycles. The topological polar surface area (TPSA) is 61.6 Å². The second kappa shape index (κ2) is 4.98. The van der Waals surface area contributed by atoms with Crippen molar-refractivity contribution < 1.29 is 14.4 Å². The van der Waals surface area contributed by atoms with Crippen LogP contribution in [0.1, 0.15) is 5.56 Å². The van der Waals surface area contributed by atoms with Crippen LogP contribution in [0.4, 0.5) is 5.69 Å². The van der Waals surface area contributed by atoms with E-state index in [1.54, 1.807) is 0 Å². The quantitative estimate of drug-likeness (QED) is 0.631. The van der Waals surface area contributed by atoms with Crippen molar-refractivity contribution in [3.63, 3.8) is 0 Å². The standard InChI is InChI=1S/C10H10BrNO4/c1-4-6-5-7(15-2)8(11)10(16-3)9(6)12(13)14/h4-5H,1H2,2-3H3. The molecule has 0 aromatic heterocycles. The highest BCUT2D eigenvalue weighted by atomic mass is 79.9. The summed E-state index contributed by atoms with van der Waals surface area (Å²) in [4.78, 5) is 10.4. The molecule has 0 unspecified atom stereocenters. The Morgan fingerprint density at radius 1 is 1.50 bits per heavy atom. The fourth-order valence-electron chi connectivity index (χ4n) is 1.30. The van der Waals surface area contributed by atoms with Gasteiger partial charge in [0.05, 0.1) is 24.7 Å². The molecule has 16 heavy (non-hydrogen) atoms. The number of hydrogen-bond acceptors (Lipinski definition) is 4. The normalized spacial score (nSPS) is 9.69. The molecule has 0 saturated heterocycles. The summed E-state index contributed by atoms with van der Waals surface area (Å²) in [5.41, 5.74) is 0.215. The Morgan fingerprint density at radius 2 is 2.12 bits per heavy atom. The number of ether oxygens (including phenoxy) is 2. The van der Waals surface area contributed by atoms with Crippen molar-refractivity contribution in [3.05, 3.63) is 32.8 Å². The summed E-state index contributed by atoms with van der Waals surface area (Å²) in [5, 5.41) is 10.9. The Morgan fingerprint density at radius 3 is 2.50 bits per heavy atom. The van der Waals surface area contributed by atoms with Gasteiger partial charge in [-0.25, -0.2) is 0 Å². The molecule has 1 rings (SSSR count). The van der Waals surface area contributed by atoms with E-state index in [2.05, 4.69) is 22.5 Å². The van der Waals surface area contributed by atoms with Crippen molar-refractivity contribution in [2.24, 2.45) is 0 Å². The third-order valence-corrected chi connectivity index (χ3v) is 2.77. The predicted molar refractivity (Wildman–Crippen MR) is 64.0 cm³/mol. The fraction of sp³-hybridized carbons (Fsp3) is 0.200. The molecule has 0 aliphatic rings. The summed E-state index contributed by atoms with van der Waals surface area (Å²) in [5.74, 6) is 0.580. The Kier molecular flexibility index (Phi) is 3.89. The minimum Gasteiger partial charge on any atom is -0.495 e. The van der Waals surface area contributed by atoms with E-state index in [0.29, 0.717) is 15.8 Å². The first-order valence-electron chi connectivity index (χ1n) is 4.28. The molecule has 0 bridgehead atoms. The van der Waals surface area contributed by atoms with Crippen LogP contribution in [0, 0.1) is 10.1 Å². The van der Waals surface area contributed by atoms with Crippen molar-refractivity contribution in [3.8, 4) is 11.5 Å². The average Bonchev–Trinajstić information content (AvgIpc) is 2.27. The molecule has 0 aliphatic carbocycles. The van der Waals surface area contributed by atoms with E-state index in [0.717, 1.165) is 0 Å². The highest BCUT2D eigenvalue weighted by Crippen LogP contribution is 2.44. The van der Waals surface area contributed by atoms with Crippen LogP contribution < -0.4 is 9.47 Å². The SMILES string of the molecule is C=Cc1cc(OC)c(Br)c(OC)c1[N+](=O)[O-]. The molecule has 5 nitrogen and oxygen atoms in total. The van der Waals surface area contributed by atoms with Crippen LogP contribution in [0.25, 0.3) is 6.08 Å². The lowest BCUT2D eigenvalue weighted by atomic mass is 10.1. The largest absolute Gasteiger partial charge is 0.495 e. The van der Waals surface area contributed by atoms with Gasteiger partial charge in [0.1, 0.15) is 10.2 Å². The summed E-state index contributed by atoms with van der Waals surface area (Å²) < 4.78 is 10.5. The average molecular weight is 288 g/mol. The maximum Gasteiger partial charge on any atom is 0.319 e. The molecule has 0 atom stereocenters. The van der Waals surface area contributed by atoms with Crippen LogP contribution in [0.15, 0.2) is 17.1 Å². The Balaban J connectivity index is 3.63. The summed E-state index contributed by atoms with van der Waals surface area (Å²) in [6, 6.07) is 1.53. The van der Waals surface area contributed by atoms with E-state index in [9.17, 15) is 10.1 Å². The Labute approximate surface area is 101 Å². The molecular weight excluding hydrogens is 278 g/mol. The van der Waals surface area contributed by atoms with Gasteiger partial charge in [0.2, 0.25) is 5.75 Å². The lowest BCUT2D eigenvalue weighted by Crippen LogP contribution is -1.99.